The number of hydrogen-bond acceptors (Lipinski definition) is 3. The number of carboxylic acid groups (broad SMARTS) is 1. The number of rotatable bonds is 6. The monoisotopic (exact) mass is 286 g/mol. The van der Waals surface area contributed by atoms with E-state index in [-0.39, 0.29) is 12.6 Å². The Labute approximate surface area is 118 Å². The van der Waals surface area contributed by atoms with Gasteiger partial charge in [0.15, 0.2) is 0 Å². The third-order valence-corrected chi connectivity index (χ3v) is 4.72. The van der Waals surface area contributed by atoms with Crippen LogP contribution in [0.25, 0.3) is 0 Å². The maximum atomic E-state index is 12.0. The van der Waals surface area contributed by atoms with E-state index in [4.69, 9.17) is 5.11 Å². The Bertz CT molecular complexity index is 328. The maximum absolute atomic E-state index is 12.0. The van der Waals surface area contributed by atoms with E-state index in [0.29, 0.717) is 24.9 Å². The molecule has 1 saturated carbocycles. The predicted molar refractivity (Wildman–Crippen MR) is 75.4 cm³/mol. The molecular formula is C13H22N2O3S. The standard InChI is InChI=1S/C13H22N2O3S/c16-12(17)9-15(8-11-1-2-11)13(18)14-7-10-3-5-19-6-4-10/h10-11H,1-9H2,(H,14,18)(H,16,17). The zero-order valence-corrected chi connectivity index (χ0v) is 12.0. The lowest BCUT2D eigenvalue weighted by Gasteiger charge is -2.25. The van der Waals surface area contributed by atoms with Crippen LogP contribution in [0.5, 0.6) is 0 Å². The minimum absolute atomic E-state index is 0.192. The van der Waals surface area contributed by atoms with Gasteiger partial charge in [-0.3, -0.25) is 4.79 Å². The molecule has 2 aliphatic rings. The number of urea groups is 1. The summed E-state index contributed by atoms with van der Waals surface area (Å²) in [6.45, 7) is 1.07. The molecule has 0 atom stereocenters. The number of aliphatic carboxylic acids is 1. The van der Waals surface area contributed by atoms with E-state index in [1.54, 1.807) is 0 Å². The minimum Gasteiger partial charge on any atom is -0.480 e. The lowest BCUT2D eigenvalue weighted by molar-refractivity contribution is -0.137. The van der Waals surface area contributed by atoms with Gasteiger partial charge in [0.1, 0.15) is 6.54 Å². The molecule has 2 amide bonds. The highest BCUT2D eigenvalue weighted by Crippen LogP contribution is 2.29. The number of amides is 2. The highest BCUT2D eigenvalue weighted by atomic mass is 32.2. The molecule has 1 aliphatic carbocycles. The second kappa shape index (κ2) is 7.03. The van der Waals surface area contributed by atoms with E-state index in [9.17, 15) is 9.59 Å². The van der Waals surface area contributed by atoms with Gasteiger partial charge >= 0.3 is 12.0 Å². The van der Waals surface area contributed by atoms with Crippen LogP contribution in [-0.4, -0.2) is 53.1 Å². The smallest absolute Gasteiger partial charge is 0.323 e. The van der Waals surface area contributed by atoms with E-state index in [0.717, 1.165) is 25.7 Å². The van der Waals surface area contributed by atoms with Crippen LogP contribution in [0.15, 0.2) is 0 Å². The summed E-state index contributed by atoms with van der Waals surface area (Å²) in [5, 5.41) is 11.8. The molecule has 2 N–H and O–H groups in total. The van der Waals surface area contributed by atoms with Crippen LogP contribution in [0.3, 0.4) is 0 Å². The van der Waals surface area contributed by atoms with E-state index in [1.807, 2.05) is 11.8 Å². The molecule has 0 unspecified atom stereocenters. The number of hydrogen-bond donors (Lipinski definition) is 2. The van der Waals surface area contributed by atoms with Gasteiger partial charge in [-0.15, -0.1) is 0 Å². The molecule has 1 aliphatic heterocycles. The van der Waals surface area contributed by atoms with E-state index >= 15 is 0 Å². The average Bonchev–Trinajstić information content (AvgIpc) is 3.20. The fourth-order valence-corrected chi connectivity index (χ4v) is 3.49. The van der Waals surface area contributed by atoms with E-state index in [1.165, 1.54) is 16.4 Å². The first-order valence-electron chi connectivity index (χ1n) is 6.97. The second-order valence-electron chi connectivity index (χ2n) is 5.46. The number of thioether (sulfide) groups is 1. The predicted octanol–water partition coefficient (Wildman–Crippen LogP) is 1.64. The van der Waals surface area contributed by atoms with Crippen molar-refractivity contribution in [2.45, 2.75) is 25.7 Å². The van der Waals surface area contributed by atoms with Crippen LogP contribution >= 0.6 is 11.8 Å². The molecule has 0 aromatic carbocycles. The first kappa shape index (κ1) is 14.5. The molecule has 19 heavy (non-hydrogen) atoms. The third-order valence-electron chi connectivity index (χ3n) is 3.67. The van der Waals surface area contributed by atoms with Crippen molar-refractivity contribution < 1.29 is 14.7 Å². The molecule has 0 bridgehead atoms. The first-order valence-corrected chi connectivity index (χ1v) is 8.13. The summed E-state index contributed by atoms with van der Waals surface area (Å²) in [5.74, 6) is 2.46. The Morgan fingerprint density at radius 3 is 2.42 bits per heavy atom. The molecular weight excluding hydrogens is 264 g/mol. The van der Waals surface area contributed by atoms with Crippen molar-refractivity contribution in [2.24, 2.45) is 11.8 Å². The van der Waals surface area contributed by atoms with Crippen molar-refractivity contribution in [1.29, 1.82) is 0 Å². The van der Waals surface area contributed by atoms with Crippen molar-refractivity contribution >= 4 is 23.8 Å². The maximum Gasteiger partial charge on any atom is 0.323 e. The molecule has 0 spiro atoms. The Morgan fingerprint density at radius 1 is 1.16 bits per heavy atom. The molecule has 1 saturated heterocycles. The number of carbonyl (C=O) groups excluding carboxylic acids is 1. The van der Waals surface area contributed by atoms with Crippen molar-refractivity contribution in [3.8, 4) is 0 Å². The van der Waals surface area contributed by atoms with Crippen LogP contribution in [0.1, 0.15) is 25.7 Å². The van der Waals surface area contributed by atoms with Gasteiger partial charge in [0.25, 0.3) is 0 Å². The normalized spacial score (nSPS) is 20.0. The molecule has 1 heterocycles. The Kier molecular flexibility index (Phi) is 5.36. The van der Waals surface area contributed by atoms with Gasteiger partial charge in [-0.2, -0.15) is 11.8 Å². The average molecular weight is 286 g/mol. The van der Waals surface area contributed by atoms with Crippen molar-refractivity contribution in [2.75, 3.05) is 31.1 Å². The molecule has 2 fully saturated rings. The molecule has 0 radical (unpaired) electrons. The van der Waals surface area contributed by atoms with Crippen molar-refractivity contribution in [1.82, 2.24) is 10.2 Å². The quantitative estimate of drug-likeness (QED) is 0.779. The van der Waals surface area contributed by atoms with Gasteiger partial charge in [0.05, 0.1) is 0 Å². The summed E-state index contributed by atoms with van der Waals surface area (Å²) in [6, 6.07) is -0.215. The van der Waals surface area contributed by atoms with Crippen LogP contribution in [-0.2, 0) is 4.79 Å². The lowest BCUT2D eigenvalue weighted by atomic mass is 10.0. The summed E-state index contributed by atoms with van der Waals surface area (Å²) in [5.41, 5.74) is 0. The topological polar surface area (TPSA) is 69.6 Å². The molecule has 0 aromatic rings. The van der Waals surface area contributed by atoms with Crippen LogP contribution in [0, 0.1) is 11.8 Å². The van der Waals surface area contributed by atoms with Crippen LogP contribution < -0.4 is 5.32 Å². The lowest BCUT2D eigenvalue weighted by Crippen LogP contribution is -2.45. The van der Waals surface area contributed by atoms with Gasteiger partial charge < -0.3 is 15.3 Å². The SMILES string of the molecule is O=C(O)CN(CC1CC1)C(=O)NCC1CCSCC1. The second-order valence-corrected chi connectivity index (χ2v) is 6.68. The van der Waals surface area contributed by atoms with Crippen molar-refractivity contribution in [3.63, 3.8) is 0 Å². The highest BCUT2D eigenvalue weighted by Gasteiger charge is 2.28. The molecule has 0 aromatic heterocycles. The number of carbonyl (C=O) groups is 2. The highest BCUT2D eigenvalue weighted by molar-refractivity contribution is 7.99. The van der Waals surface area contributed by atoms with Crippen molar-refractivity contribution in [3.05, 3.63) is 0 Å². The van der Waals surface area contributed by atoms with Gasteiger partial charge in [-0.05, 0) is 49.0 Å². The Hall–Kier alpha value is -0.910. The third kappa shape index (κ3) is 5.30. The summed E-state index contributed by atoms with van der Waals surface area (Å²) in [4.78, 5) is 24.3. The summed E-state index contributed by atoms with van der Waals surface area (Å²) >= 11 is 1.96. The number of nitrogens with zero attached hydrogens (tertiary/aromatic N) is 1. The summed E-state index contributed by atoms with van der Waals surface area (Å²) in [6.07, 6.45) is 4.52. The minimum atomic E-state index is -0.940. The molecule has 2 rings (SSSR count). The van der Waals surface area contributed by atoms with E-state index < -0.39 is 5.97 Å². The number of nitrogens with one attached hydrogen (secondary N) is 1. The molecule has 6 heteroatoms. The largest absolute Gasteiger partial charge is 0.480 e. The molecule has 5 nitrogen and oxygen atoms in total. The first-order chi connectivity index (χ1) is 9.15. The van der Waals surface area contributed by atoms with Crippen LogP contribution in [0.4, 0.5) is 4.79 Å². The molecule has 108 valence electrons. The van der Waals surface area contributed by atoms with Gasteiger partial charge in [-0.25, -0.2) is 4.79 Å². The number of carboxylic acids is 1. The zero-order valence-electron chi connectivity index (χ0n) is 11.1. The van der Waals surface area contributed by atoms with Gasteiger partial charge in [0, 0.05) is 13.1 Å². The van der Waals surface area contributed by atoms with Crippen LogP contribution in [0.2, 0.25) is 0 Å². The Balaban J connectivity index is 1.74. The van der Waals surface area contributed by atoms with Gasteiger partial charge in [-0.1, -0.05) is 0 Å². The summed E-state index contributed by atoms with van der Waals surface area (Å²) in [7, 11) is 0. The summed E-state index contributed by atoms with van der Waals surface area (Å²) < 4.78 is 0. The fourth-order valence-electron chi connectivity index (χ4n) is 2.29. The zero-order chi connectivity index (χ0) is 13.7. The fraction of sp³-hybridized carbons (Fsp3) is 0.846. The van der Waals surface area contributed by atoms with E-state index in [2.05, 4.69) is 5.32 Å². The Morgan fingerprint density at radius 2 is 1.84 bits per heavy atom. The van der Waals surface area contributed by atoms with Gasteiger partial charge in [0.2, 0.25) is 0 Å².